The van der Waals surface area contributed by atoms with Crippen LogP contribution >= 0.6 is 35.0 Å². The molecule has 6 aromatic rings. The summed E-state index contributed by atoms with van der Waals surface area (Å²) in [7, 11) is -1.43. The minimum atomic E-state index is -1.43. The highest BCUT2D eigenvalue weighted by molar-refractivity contribution is 7.98. The van der Waals surface area contributed by atoms with Gasteiger partial charge in [-0.05, 0) is 61.6 Å². The number of hydrogen-bond donors (Lipinski definition) is 0. The summed E-state index contributed by atoms with van der Waals surface area (Å²) < 4.78 is 13.0. The van der Waals surface area contributed by atoms with Gasteiger partial charge in [0.1, 0.15) is 11.6 Å². The first-order chi connectivity index (χ1) is 32.6. The molecule has 13 nitrogen and oxygen atoms in total. The number of halogens is 2. The maximum Gasteiger partial charge on any atom is 0.330 e. The SMILES string of the molecule is CCN(CC)CCN1C(=O)N(c2ccccc2Cl)Cc2cnc(S(=O)Cc3ccccc3)nc21.CCN(CC)CCN1C(=O)N(c2ccccc2Cl)Cc2cnc(SCc3ccccc3)nc21. The van der Waals surface area contributed by atoms with E-state index >= 15 is 0 Å². The van der Waals surface area contributed by atoms with Crippen LogP contribution in [-0.4, -0.2) is 98.4 Å². The number of benzene rings is 4. The Hall–Kier alpha value is -5.42. The van der Waals surface area contributed by atoms with E-state index in [1.165, 1.54) is 5.56 Å². The summed E-state index contributed by atoms with van der Waals surface area (Å²) >= 11 is 14.4. The van der Waals surface area contributed by atoms with Crippen molar-refractivity contribution in [2.45, 2.75) is 62.6 Å². The number of amides is 4. The van der Waals surface area contributed by atoms with Gasteiger partial charge in [0.05, 0.1) is 51.1 Å². The van der Waals surface area contributed by atoms with Crippen LogP contribution in [0.25, 0.3) is 0 Å². The molecular weight excluding hydrogens is 924 g/mol. The van der Waals surface area contributed by atoms with E-state index in [4.69, 9.17) is 28.2 Å². The number of thioether (sulfide) groups is 1. The van der Waals surface area contributed by atoms with Crippen molar-refractivity contribution < 1.29 is 13.8 Å². The predicted molar refractivity (Wildman–Crippen MR) is 273 cm³/mol. The van der Waals surface area contributed by atoms with Gasteiger partial charge in [0.2, 0.25) is 5.16 Å². The number of rotatable bonds is 18. The Morgan fingerprint density at radius 3 is 1.54 bits per heavy atom. The number of fused-ring (bicyclic) bond motifs is 2. The molecule has 0 fully saturated rings. The fraction of sp³-hybridized carbons (Fsp3) is 0.320. The molecule has 0 radical (unpaired) electrons. The van der Waals surface area contributed by atoms with Crippen molar-refractivity contribution in [3.63, 3.8) is 0 Å². The van der Waals surface area contributed by atoms with Crippen LogP contribution < -0.4 is 19.6 Å². The molecule has 350 valence electrons. The molecule has 0 bridgehead atoms. The van der Waals surface area contributed by atoms with Crippen LogP contribution in [-0.2, 0) is 35.4 Å². The molecule has 0 saturated heterocycles. The second-order valence-electron chi connectivity index (χ2n) is 15.7. The van der Waals surface area contributed by atoms with Crippen molar-refractivity contribution >= 4 is 80.8 Å². The van der Waals surface area contributed by atoms with Gasteiger partial charge in [0.25, 0.3) is 0 Å². The van der Waals surface area contributed by atoms with Gasteiger partial charge >= 0.3 is 12.1 Å². The Labute approximate surface area is 410 Å². The summed E-state index contributed by atoms with van der Waals surface area (Å²) in [6.45, 7) is 15.2. The number of carbonyl (C=O) groups excluding carboxylic acids is 2. The maximum absolute atomic E-state index is 13.6. The monoisotopic (exact) mass is 978 g/mol. The van der Waals surface area contributed by atoms with Crippen molar-refractivity contribution in [2.24, 2.45) is 0 Å². The first-order valence-corrected chi connectivity index (χ1v) is 25.6. The zero-order chi connectivity index (χ0) is 47.3. The summed E-state index contributed by atoms with van der Waals surface area (Å²) in [5.41, 5.74) is 5.21. The van der Waals surface area contributed by atoms with E-state index in [2.05, 4.69) is 64.6 Å². The lowest BCUT2D eigenvalue weighted by Crippen LogP contribution is -2.50. The molecule has 0 aliphatic carbocycles. The second-order valence-corrected chi connectivity index (χ2v) is 18.9. The Morgan fingerprint density at radius 2 is 1.04 bits per heavy atom. The van der Waals surface area contributed by atoms with Gasteiger partial charge in [0.15, 0.2) is 5.16 Å². The first kappa shape index (κ1) is 49.5. The Bertz CT molecular complexity index is 2630. The zero-order valence-corrected chi connectivity index (χ0v) is 41.4. The molecule has 2 aliphatic rings. The van der Waals surface area contributed by atoms with E-state index in [9.17, 15) is 13.8 Å². The summed E-state index contributed by atoms with van der Waals surface area (Å²) in [5, 5.41) is 1.96. The van der Waals surface area contributed by atoms with Gasteiger partial charge in [-0.25, -0.2) is 29.5 Å². The Balaban J connectivity index is 0.000000199. The van der Waals surface area contributed by atoms with Crippen LogP contribution in [0.2, 0.25) is 10.0 Å². The van der Waals surface area contributed by atoms with Crippen molar-refractivity contribution in [1.29, 1.82) is 0 Å². The fourth-order valence-electron chi connectivity index (χ4n) is 7.78. The lowest BCUT2D eigenvalue weighted by atomic mass is 10.2. The van der Waals surface area contributed by atoms with Crippen molar-refractivity contribution in [1.82, 2.24) is 29.7 Å². The first-order valence-electron chi connectivity index (χ1n) is 22.5. The van der Waals surface area contributed by atoms with E-state index in [-0.39, 0.29) is 17.2 Å². The maximum atomic E-state index is 13.6. The largest absolute Gasteiger partial charge is 0.330 e. The molecule has 0 saturated carbocycles. The van der Waals surface area contributed by atoms with E-state index < -0.39 is 10.8 Å². The van der Waals surface area contributed by atoms with Crippen LogP contribution in [0.5, 0.6) is 0 Å². The fourth-order valence-corrected chi connectivity index (χ4v) is 10.0. The average Bonchev–Trinajstić information content (AvgIpc) is 3.36. The van der Waals surface area contributed by atoms with Crippen LogP contribution in [0.15, 0.2) is 132 Å². The zero-order valence-electron chi connectivity index (χ0n) is 38.3. The second kappa shape index (κ2) is 24.0. The molecule has 0 N–H and O–H groups in total. The third kappa shape index (κ3) is 12.4. The minimum absolute atomic E-state index is 0.111. The summed E-state index contributed by atoms with van der Waals surface area (Å²) in [6.07, 6.45) is 3.53. The van der Waals surface area contributed by atoms with Gasteiger partial charge in [-0.2, -0.15) is 0 Å². The standard InChI is InChI=1S/C25H28ClN5O2S.C25H28ClN5OS/c1-3-29(4-2)14-15-30-23-20(17-31(25(30)32)22-13-9-8-12-21(22)26)16-27-24(28-23)34(33)18-19-10-6-5-7-11-19;1-3-29(4-2)14-15-30-23-20(17-31(25(30)32)22-13-9-8-12-21(22)26)16-27-24(28-23)33-18-19-10-6-5-7-11-19/h5-13,16H,3-4,14-15,17-18H2,1-2H3;5-13,16H,3-4,14-15,17-18H2,1-2H3. The van der Waals surface area contributed by atoms with Crippen LogP contribution in [0.3, 0.4) is 0 Å². The van der Waals surface area contributed by atoms with E-state index in [1.54, 1.807) is 49.7 Å². The topological polar surface area (TPSA) is 122 Å². The molecule has 2 aliphatic heterocycles. The van der Waals surface area contributed by atoms with E-state index in [0.29, 0.717) is 76.7 Å². The van der Waals surface area contributed by atoms with Crippen molar-refractivity contribution in [2.75, 3.05) is 72.0 Å². The molecule has 1 atom stereocenters. The highest BCUT2D eigenvalue weighted by Gasteiger charge is 2.36. The highest BCUT2D eigenvalue weighted by Crippen LogP contribution is 2.36. The molecular formula is C50H56Cl2N10O3S2. The van der Waals surface area contributed by atoms with Gasteiger partial charge in [0, 0.05) is 55.5 Å². The molecule has 4 heterocycles. The smallest absolute Gasteiger partial charge is 0.302 e. The Kier molecular flexibility index (Phi) is 17.8. The highest BCUT2D eigenvalue weighted by atomic mass is 35.5. The predicted octanol–water partition coefficient (Wildman–Crippen LogP) is 10.4. The van der Waals surface area contributed by atoms with Crippen molar-refractivity contribution in [3.8, 4) is 0 Å². The van der Waals surface area contributed by atoms with E-state index in [1.807, 2.05) is 91.1 Å². The number of aromatic nitrogens is 4. The minimum Gasteiger partial charge on any atom is -0.302 e. The van der Waals surface area contributed by atoms with Gasteiger partial charge < -0.3 is 9.80 Å². The summed E-state index contributed by atoms with van der Waals surface area (Å²) in [4.78, 5) is 57.1. The summed E-state index contributed by atoms with van der Waals surface area (Å²) in [6, 6.07) is 34.3. The molecule has 4 aromatic carbocycles. The number of para-hydroxylation sites is 2. The number of nitrogens with zero attached hydrogens (tertiary/aromatic N) is 10. The van der Waals surface area contributed by atoms with Gasteiger partial charge in [-0.3, -0.25) is 23.8 Å². The van der Waals surface area contributed by atoms with Crippen LogP contribution in [0, 0.1) is 0 Å². The normalized spacial score (nSPS) is 14.0. The third-order valence-electron chi connectivity index (χ3n) is 11.6. The number of likely N-dealkylation sites (N-methyl/N-ethyl adjacent to an activating group) is 2. The molecule has 2 aromatic heterocycles. The number of hydrogen-bond acceptors (Lipinski definition) is 10. The molecule has 1 unspecified atom stereocenters. The quantitative estimate of drug-likeness (QED) is 0.0608. The summed E-state index contributed by atoms with van der Waals surface area (Å²) in [5.74, 6) is 2.31. The lowest BCUT2D eigenvalue weighted by molar-refractivity contribution is 0.246. The van der Waals surface area contributed by atoms with E-state index in [0.717, 1.165) is 55.2 Å². The number of carbonyl (C=O) groups is 2. The van der Waals surface area contributed by atoms with Crippen molar-refractivity contribution in [3.05, 3.63) is 154 Å². The number of anilines is 4. The Morgan fingerprint density at radius 1 is 0.597 bits per heavy atom. The molecule has 0 spiro atoms. The van der Waals surface area contributed by atoms with Crippen LogP contribution in [0.1, 0.15) is 49.9 Å². The third-order valence-corrected chi connectivity index (χ3v) is 14.4. The van der Waals surface area contributed by atoms with Gasteiger partial charge in [-0.15, -0.1) is 0 Å². The van der Waals surface area contributed by atoms with Gasteiger partial charge in [-0.1, -0.05) is 148 Å². The lowest BCUT2D eigenvalue weighted by Gasteiger charge is -2.37. The molecule has 4 amide bonds. The molecule has 67 heavy (non-hydrogen) atoms. The van der Waals surface area contributed by atoms with Crippen LogP contribution in [0.4, 0.5) is 32.6 Å². The molecule has 8 rings (SSSR count). The average molecular weight is 980 g/mol. The number of urea groups is 2. The molecule has 17 heteroatoms.